The van der Waals surface area contributed by atoms with Crippen molar-refractivity contribution < 1.29 is 0 Å². The van der Waals surface area contributed by atoms with Crippen LogP contribution in [-0.4, -0.2) is 19.5 Å². The molecule has 0 radical (unpaired) electrons. The van der Waals surface area contributed by atoms with E-state index in [1.54, 1.807) is 0 Å². The fourth-order valence-corrected chi connectivity index (χ4v) is 5.00. The number of fused-ring (bicyclic) bond motifs is 3. The van der Waals surface area contributed by atoms with Gasteiger partial charge in [0.1, 0.15) is 0 Å². The molecule has 0 unspecified atom stereocenters. The second-order valence-electron chi connectivity index (χ2n) is 9.00. The quantitative estimate of drug-likeness (QED) is 0.260. The van der Waals surface area contributed by atoms with Crippen LogP contribution < -0.4 is 0 Å². The Hall–Kier alpha value is -5.09. The Bertz CT molecular complexity index is 1740. The van der Waals surface area contributed by atoms with Crippen molar-refractivity contribution in [3.8, 4) is 39.5 Å². The Balaban J connectivity index is 1.37. The SMILES string of the molecule is c1ccc(-c2cc(-c3ccc(-n4c5ccccc5c5cnccc54)cc3)nc(-c3ccccn3)c2)cc1. The van der Waals surface area contributed by atoms with E-state index < -0.39 is 0 Å². The Kier molecular flexibility index (Phi) is 5.07. The van der Waals surface area contributed by atoms with E-state index in [0.717, 1.165) is 50.4 Å². The maximum Gasteiger partial charge on any atom is 0.0899 e. The van der Waals surface area contributed by atoms with Gasteiger partial charge in [-0.2, -0.15) is 0 Å². The van der Waals surface area contributed by atoms with Gasteiger partial charge in [-0.25, -0.2) is 4.98 Å². The number of benzene rings is 3. The Morgan fingerprint density at radius 1 is 0.486 bits per heavy atom. The number of hydrogen-bond donors (Lipinski definition) is 0. The molecular formula is C33H22N4. The minimum atomic E-state index is 0.857. The lowest BCUT2D eigenvalue weighted by atomic mass is 10.0. The lowest BCUT2D eigenvalue weighted by Gasteiger charge is -2.11. The van der Waals surface area contributed by atoms with Gasteiger partial charge < -0.3 is 4.57 Å². The number of nitrogens with zero attached hydrogens (tertiary/aromatic N) is 4. The molecule has 0 aliphatic heterocycles. The molecule has 4 heterocycles. The predicted molar refractivity (Wildman–Crippen MR) is 150 cm³/mol. The van der Waals surface area contributed by atoms with Crippen molar-refractivity contribution in [1.82, 2.24) is 19.5 Å². The third kappa shape index (κ3) is 3.76. The molecule has 0 atom stereocenters. The highest BCUT2D eigenvalue weighted by Crippen LogP contribution is 2.33. The van der Waals surface area contributed by atoms with Crippen LogP contribution in [0.4, 0.5) is 0 Å². The van der Waals surface area contributed by atoms with Gasteiger partial charge in [0.15, 0.2) is 0 Å². The van der Waals surface area contributed by atoms with Crippen LogP contribution in [0.2, 0.25) is 0 Å². The van der Waals surface area contributed by atoms with E-state index in [1.807, 2.05) is 42.9 Å². The van der Waals surface area contributed by atoms with Gasteiger partial charge in [0.2, 0.25) is 0 Å². The monoisotopic (exact) mass is 474 g/mol. The molecule has 0 amide bonds. The van der Waals surface area contributed by atoms with Crippen molar-refractivity contribution in [2.45, 2.75) is 0 Å². The largest absolute Gasteiger partial charge is 0.309 e. The first-order valence-corrected chi connectivity index (χ1v) is 12.3. The van der Waals surface area contributed by atoms with Gasteiger partial charge in [0, 0.05) is 40.6 Å². The number of pyridine rings is 3. The summed E-state index contributed by atoms with van der Waals surface area (Å²) in [6.45, 7) is 0. The lowest BCUT2D eigenvalue weighted by molar-refractivity contribution is 1.17. The van der Waals surface area contributed by atoms with Crippen LogP contribution in [0.15, 0.2) is 134 Å². The fourth-order valence-electron chi connectivity index (χ4n) is 5.00. The van der Waals surface area contributed by atoms with Gasteiger partial charge in [0.05, 0.1) is 28.1 Å². The van der Waals surface area contributed by atoms with Gasteiger partial charge in [-0.3, -0.25) is 9.97 Å². The highest BCUT2D eigenvalue weighted by Gasteiger charge is 2.13. The molecule has 174 valence electrons. The third-order valence-electron chi connectivity index (χ3n) is 6.76. The molecule has 4 heteroatoms. The molecule has 7 rings (SSSR count). The lowest BCUT2D eigenvalue weighted by Crippen LogP contribution is -1.95. The highest BCUT2D eigenvalue weighted by atomic mass is 15.0. The van der Waals surface area contributed by atoms with Crippen molar-refractivity contribution in [2.75, 3.05) is 0 Å². The van der Waals surface area contributed by atoms with Crippen LogP contribution >= 0.6 is 0 Å². The second-order valence-corrected chi connectivity index (χ2v) is 9.00. The summed E-state index contributed by atoms with van der Waals surface area (Å²) >= 11 is 0. The molecule has 0 N–H and O–H groups in total. The normalized spacial score (nSPS) is 11.2. The Labute approximate surface area is 214 Å². The molecule has 0 fully saturated rings. The van der Waals surface area contributed by atoms with E-state index in [1.165, 1.54) is 10.9 Å². The van der Waals surface area contributed by atoms with Gasteiger partial charge in [-0.1, -0.05) is 66.7 Å². The van der Waals surface area contributed by atoms with Gasteiger partial charge in [0.25, 0.3) is 0 Å². The minimum Gasteiger partial charge on any atom is -0.309 e. The van der Waals surface area contributed by atoms with Crippen LogP contribution in [0.3, 0.4) is 0 Å². The summed E-state index contributed by atoms with van der Waals surface area (Å²) in [5, 5.41) is 2.35. The molecule has 0 bridgehead atoms. The first-order valence-electron chi connectivity index (χ1n) is 12.3. The molecule has 0 aliphatic rings. The molecule has 3 aromatic carbocycles. The summed E-state index contributed by atoms with van der Waals surface area (Å²) < 4.78 is 2.29. The maximum atomic E-state index is 5.01. The molecule has 0 aliphatic carbocycles. The van der Waals surface area contributed by atoms with E-state index in [0.29, 0.717) is 0 Å². The summed E-state index contributed by atoms with van der Waals surface area (Å²) in [6, 6.07) is 39.8. The van der Waals surface area contributed by atoms with Crippen LogP contribution in [0.25, 0.3) is 61.3 Å². The molecule has 37 heavy (non-hydrogen) atoms. The summed E-state index contributed by atoms with van der Waals surface area (Å²) in [4.78, 5) is 13.9. The number of para-hydroxylation sites is 1. The van der Waals surface area contributed by atoms with Gasteiger partial charge >= 0.3 is 0 Å². The van der Waals surface area contributed by atoms with E-state index in [2.05, 4.69) is 106 Å². The fraction of sp³-hybridized carbons (Fsp3) is 0. The number of aromatic nitrogens is 4. The molecule has 0 saturated heterocycles. The minimum absolute atomic E-state index is 0.857. The Morgan fingerprint density at radius 3 is 2.08 bits per heavy atom. The van der Waals surface area contributed by atoms with E-state index in [-0.39, 0.29) is 0 Å². The number of hydrogen-bond acceptors (Lipinski definition) is 3. The molecule has 0 saturated carbocycles. The first kappa shape index (κ1) is 21.2. The van der Waals surface area contributed by atoms with Crippen LogP contribution in [-0.2, 0) is 0 Å². The Morgan fingerprint density at radius 2 is 1.24 bits per heavy atom. The second kappa shape index (κ2) is 8.85. The summed E-state index contributed by atoms with van der Waals surface area (Å²) in [7, 11) is 0. The highest BCUT2D eigenvalue weighted by molar-refractivity contribution is 6.08. The van der Waals surface area contributed by atoms with E-state index >= 15 is 0 Å². The standard InChI is InChI=1S/C33H22N4/c1-2-8-23(9-3-1)25-20-30(36-31(21-25)29-11-6-7-18-35-29)24-13-15-26(16-14-24)37-32-12-5-4-10-27(32)28-22-34-19-17-33(28)37/h1-22H. The summed E-state index contributed by atoms with van der Waals surface area (Å²) in [5.74, 6) is 0. The zero-order chi connectivity index (χ0) is 24.6. The number of rotatable bonds is 4. The van der Waals surface area contributed by atoms with Gasteiger partial charge in [-0.05, 0) is 59.7 Å². The van der Waals surface area contributed by atoms with E-state index in [9.17, 15) is 0 Å². The average Bonchev–Trinajstić information content (AvgIpc) is 3.32. The zero-order valence-corrected chi connectivity index (χ0v) is 20.0. The van der Waals surface area contributed by atoms with Crippen molar-refractivity contribution in [3.05, 3.63) is 134 Å². The van der Waals surface area contributed by atoms with Crippen molar-refractivity contribution in [1.29, 1.82) is 0 Å². The van der Waals surface area contributed by atoms with Crippen LogP contribution in [0.1, 0.15) is 0 Å². The summed E-state index contributed by atoms with van der Waals surface area (Å²) in [6.07, 6.45) is 5.60. The average molecular weight is 475 g/mol. The van der Waals surface area contributed by atoms with Crippen molar-refractivity contribution >= 4 is 21.8 Å². The molecule has 7 aromatic rings. The van der Waals surface area contributed by atoms with Crippen molar-refractivity contribution in [3.63, 3.8) is 0 Å². The smallest absolute Gasteiger partial charge is 0.0899 e. The molecule has 4 nitrogen and oxygen atoms in total. The zero-order valence-electron chi connectivity index (χ0n) is 20.0. The molecule has 4 aromatic heterocycles. The molecular weight excluding hydrogens is 452 g/mol. The summed E-state index contributed by atoms with van der Waals surface area (Å²) in [5.41, 5.74) is 9.37. The predicted octanol–water partition coefficient (Wildman–Crippen LogP) is 7.97. The van der Waals surface area contributed by atoms with Crippen LogP contribution in [0, 0.1) is 0 Å². The topological polar surface area (TPSA) is 43.6 Å². The maximum absolute atomic E-state index is 5.01. The van der Waals surface area contributed by atoms with Crippen molar-refractivity contribution in [2.24, 2.45) is 0 Å². The first-order chi connectivity index (χ1) is 18.3. The van der Waals surface area contributed by atoms with Gasteiger partial charge in [-0.15, -0.1) is 0 Å². The van der Waals surface area contributed by atoms with E-state index in [4.69, 9.17) is 4.98 Å². The third-order valence-corrected chi connectivity index (χ3v) is 6.76. The molecule has 0 spiro atoms. The van der Waals surface area contributed by atoms with Crippen LogP contribution in [0.5, 0.6) is 0 Å².